The van der Waals surface area contributed by atoms with Crippen molar-refractivity contribution in [3.05, 3.63) is 116 Å². The van der Waals surface area contributed by atoms with Crippen molar-refractivity contribution in [1.29, 1.82) is 0 Å². The molecule has 0 aliphatic heterocycles. The third-order valence-electron chi connectivity index (χ3n) is 4.75. The standard InChI is InChI=1S/C25H17Cl3N4O3/c26-19-3-1-2-17(12-19)25(34)35-21-8-4-16(5-9-21)14-29-30-24(33)23-10-11-32(31-23)15-18-6-7-20(27)13-22(18)28/h1-14H,15H2,(H,30,33). The van der Waals surface area contributed by atoms with Crippen molar-refractivity contribution in [2.24, 2.45) is 5.10 Å². The molecule has 4 aromatic rings. The molecule has 0 spiro atoms. The van der Waals surface area contributed by atoms with Crippen molar-refractivity contribution in [3.63, 3.8) is 0 Å². The van der Waals surface area contributed by atoms with Crippen LogP contribution in [0.1, 0.15) is 32.0 Å². The van der Waals surface area contributed by atoms with Gasteiger partial charge in [0, 0.05) is 21.3 Å². The predicted molar refractivity (Wildman–Crippen MR) is 136 cm³/mol. The van der Waals surface area contributed by atoms with E-state index in [2.05, 4.69) is 15.6 Å². The van der Waals surface area contributed by atoms with Crippen molar-refractivity contribution in [2.45, 2.75) is 6.54 Å². The van der Waals surface area contributed by atoms with Gasteiger partial charge in [-0.25, -0.2) is 10.2 Å². The van der Waals surface area contributed by atoms with Crippen LogP contribution in [0.15, 0.2) is 84.1 Å². The number of esters is 1. The first-order valence-corrected chi connectivity index (χ1v) is 11.4. The lowest BCUT2D eigenvalue weighted by Gasteiger charge is -2.05. The first-order chi connectivity index (χ1) is 16.9. The average molecular weight is 528 g/mol. The van der Waals surface area contributed by atoms with Gasteiger partial charge in [0.05, 0.1) is 18.3 Å². The van der Waals surface area contributed by atoms with Crippen LogP contribution in [-0.4, -0.2) is 27.9 Å². The van der Waals surface area contributed by atoms with E-state index < -0.39 is 11.9 Å². The Morgan fingerprint density at radius 3 is 2.49 bits per heavy atom. The van der Waals surface area contributed by atoms with Crippen LogP contribution >= 0.6 is 34.8 Å². The molecule has 10 heteroatoms. The molecule has 1 N–H and O–H groups in total. The van der Waals surface area contributed by atoms with E-state index in [9.17, 15) is 9.59 Å². The Morgan fingerprint density at radius 2 is 1.74 bits per heavy atom. The number of rotatable bonds is 7. The van der Waals surface area contributed by atoms with E-state index in [4.69, 9.17) is 39.5 Å². The van der Waals surface area contributed by atoms with Crippen molar-refractivity contribution < 1.29 is 14.3 Å². The summed E-state index contributed by atoms with van der Waals surface area (Å²) in [4.78, 5) is 24.5. The van der Waals surface area contributed by atoms with E-state index in [1.54, 1.807) is 77.6 Å². The number of carbonyl (C=O) groups excluding carboxylic acids is 2. The van der Waals surface area contributed by atoms with Gasteiger partial charge in [-0.05, 0) is 71.8 Å². The third-order valence-corrected chi connectivity index (χ3v) is 5.57. The third kappa shape index (κ3) is 6.70. The Kier molecular flexibility index (Phi) is 7.82. The number of hydrazone groups is 1. The van der Waals surface area contributed by atoms with Gasteiger partial charge in [0.25, 0.3) is 5.91 Å². The number of hydrogen-bond acceptors (Lipinski definition) is 5. The molecule has 0 fully saturated rings. The molecule has 0 saturated carbocycles. The molecule has 4 rings (SSSR count). The maximum atomic E-state index is 12.3. The first-order valence-electron chi connectivity index (χ1n) is 10.3. The molecular formula is C25H17Cl3N4O3. The lowest BCUT2D eigenvalue weighted by atomic mass is 10.2. The lowest BCUT2D eigenvalue weighted by molar-refractivity contribution is 0.0734. The summed E-state index contributed by atoms with van der Waals surface area (Å²) in [5, 5.41) is 9.72. The number of nitrogens with zero attached hydrogens (tertiary/aromatic N) is 3. The maximum absolute atomic E-state index is 12.3. The fourth-order valence-electron chi connectivity index (χ4n) is 3.02. The monoisotopic (exact) mass is 526 g/mol. The predicted octanol–water partition coefficient (Wildman–Crippen LogP) is 5.87. The quantitative estimate of drug-likeness (QED) is 0.141. The summed E-state index contributed by atoms with van der Waals surface area (Å²) in [6, 6.07) is 19.9. The van der Waals surface area contributed by atoms with Crippen molar-refractivity contribution >= 4 is 52.9 Å². The lowest BCUT2D eigenvalue weighted by Crippen LogP contribution is -2.18. The average Bonchev–Trinajstić information content (AvgIpc) is 3.31. The fraction of sp³-hybridized carbons (Fsp3) is 0.0400. The van der Waals surface area contributed by atoms with Gasteiger partial charge >= 0.3 is 5.97 Å². The second-order valence-corrected chi connectivity index (χ2v) is 8.58. The molecule has 1 heterocycles. The molecule has 0 radical (unpaired) electrons. The molecular weight excluding hydrogens is 511 g/mol. The van der Waals surface area contributed by atoms with Crippen LogP contribution in [0.25, 0.3) is 0 Å². The summed E-state index contributed by atoms with van der Waals surface area (Å²) in [5.41, 5.74) is 4.50. The van der Waals surface area contributed by atoms with Gasteiger partial charge < -0.3 is 4.74 Å². The molecule has 0 saturated heterocycles. The number of halogens is 3. The molecule has 0 aliphatic rings. The van der Waals surface area contributed by atoms with E-state index in [0.29, 0.717) is 38.5 Å². The second-order valence-electron chi connectivity index (χ2n) is 7.30. The van der Waals surface area contributed by atoms with Gasteiger partial charge in [-0.3, -0.25) is 9.48 Å². The molecule has 1 amide bonds. The Bertz CT molecular complexity index is 1400. The number of hydrogen-bond donors (Lipinski definition) is 1. The van der Waals surface area contributed by atoms with E-state index in [0.717, 1.165) is 5.56 Å². The zero-order valence-electron chi connectivity index (χ0n) is 18.0. The number of carbonyl (C=O) groups is 2. The highest BCUT2D eigenvalue weighted by Gasteiger charge is 2.11. The molecule has 35 heavy (non-hydrogen) atoms. The van der Waals surface area contributed by atoms with E-state index >= 15 is 0 Å². The molecule has 0 unspecified atom stereocenters. The molecule has 0 aliphatic carbocycles. The fourth-order valence-corrected chi connectivity index (χ4v) is 3.68. The highest BCUT2D eigenvalue weighted by molar-refractivity contribution is 6.35. The number of ether oxygens (including phenoxy) is 1. The Labute approximate surface area is 215 Å². The largest absolute Gasteiger partial charge is 0.423 e. The molecule has 1 aromatic heterocycles. The van der Waals surface area contributed by atoms with Crippen LogP contribution in [0, 0.1) is 0 Å². The van der Waals surface area contributed by atoms with Crippen LogP contribution in [0.5, 0.6) is 5.75 Å². The smallest absolute Gasteiger partial charge is 0.343 e. The zero-order valence-corrected chi connectivity index (χ0v) is 20.3. The minimum absolute atomic E-state index is 0.204. The number of nitrogens with one attached hydrogen (secondary N) is 1. The van der Waals surface area contributed by atoms with Gasteiger partial charge in [0.2, 0.25) is 0 Å². The van der Waals surface area contributed by atoms with E-state index in [-0.39, 0.29) is 5.69 Å². The highest BCUT2D eigenvalue weighted by atomic mass is 35.5. The summed E-state index contributed by atoms with van der Waals surface area (Å²) in [6.07, 6.45) is 3.14. The summed E-state index contributed by atoms with van der Waals surface area (Å²) < 4.78 is 6.93. The Hall–Kier alpha value is -3.65. The van der Waals surface area contributed by atoms with Crippen LogP contribution in [0.4, 0.5) is 0 Å². The van der Waals surface area contributed by atoms with E-state index in [1.807, 2.05) is 0 Å². The number of amides is 1. The Morgan fingerprint density at radius 1 is 0.971 bits per heavy atom. The number of aromatic nitrogens is 2. The van der Waals surface area contributed by atoms with Crippen LogP contribution in [0.2, 0.25) is 15.1 Å². The second kappa shape index (κ2) is 11.2. The molecule has 0 bridgehead atoms. The normalized spacial score (nSPS) is 10.9. The van der Waals surface area contributed by atoms with Gasteiger partial charge in [0.15, 0.2) is 5.69 Å². The van der Waals surface area contributed by atoms with Crippen molar-refractivity contribution in [2.75, 3.05) is 0 Å². The Balaban J connectivity index is 1.30. The first kappa shape index (κ1) is 24.5. The van der Waals surface area contributed by atoms with Crippen molar-refractivity contribution in [1.82, 2.24) is 15.2 Å². The number of benzene rings is 3. The summed E-state index contributed by atoms with van der Waals surface area (Å²) in [7, 11) is 0. The molecule has 0 atom stereocenters. The van der Waals surface area contributed by atoms with Gasteiger partial charge in [-0.2, -0.15) is 10.2 Å². The van der Waals surface area contributed by atoms with Gasteiger partial charge in [-0.1, -0.05) is 46.9 Å². The van der Waals surface area contributed by atoms with Crippen LogP contribution in [-0.2, 0) is 6.54 Å². The van der Waals surface area contributed by atoms with Crippen LogP contribution < -0.4 is 10.2 Å². The molecule has 176 valence electrons. The summed E-state index contributed by atoms with van der Waals surface area (Å²) in [6.45, 7) is 0.390. The van der Waals surface area contributed by atoms with E-state index in [1.165, 1.54) is 12.3 Å². The van der Waals surface area contributed by atoms with Gasteiger partial charge in [-0.15, -0.1) is 0 Å². The maximum Gasteiger partial charge on any atom is 0.343 e. The molecule has 7 nitrogen and oxygen atoms in total. The highest BCUT2D eigenvalue weighted by Crippen LogP contribution is 2.21. The topological polar surface area (TPSA) is 85.6 Å². The SMILES string of the molecule is O=C(Oc1ccc(C=NNC(=O)c2ccn(Cc3ccc(Cl)cc3Cl)n2)cc1)c1cccc(Cl)c1. The minimum atomic E-state index is -0.515. The summed E-state index contributed by atoms with van der Waals surface area (Å²) >= 11 is 18.0. The molecule has 3 aromatic carbocycles. The zero-order chi connectivity index (χ0) is 24.8. The van der Waals surface area contributed by atoms with Crippen molar-refractivity contribution in [3.8, 4) is 5.75 Å². The van der Waals surface area contributed by atoms with Crippen LogP contribution in [0.3, 0.4) is 0 Å². The van der Waals surface area contributed by atoms with Gasteiger partial charge in [0.1, 0.15) is 5.75 Å². The minimum Gasteiger partial charge on any atom is -0.423 e. The summed E-state index contributed by atoms with van der Waals surface area (Å²) in [5.74, 6) is -0.615.